The topological polar surface area (TPSA) is 43.9 Å². The lowest BCUT2D eigenvalue weighted by Crippen LogP contribution is -2.04. The molecule has 11 aromatic rings. The van der Waals surface area contributed by atoms with E-state index in [1.165, 1.54) is 26.9 Å². The first-order valence-electron chi connectivity index (χ1n) is 15.6. The van der Waals surface area contributed by atoms with Gasteiger partial charge in [-0.25, -0.2) is 9.97 Å². The van der Waals surface area contributed by atoms with Crippen molar-refractivity contribution in [1.29, 1.82) is 0 Å². The molecule has 11 rings (SSSR count). The van der Waals surface area contributed by atoms with E-state index in [0.29, 0.717) is 5.95 Å². The number of furan rings is 1. The molecule has 4 heteroatoms. The van der Waals surface area contributed by atoms with E-state index in [1.807, 2.05) is 12.1 Å². The van der Waals surface area contributed by atoms with Crippen molar-refractivity contribution in [3.05, 3.63) is 140 Å². The third-order valence-electron chi connectivity index (χ3n) is 9.73. The second-order valence-corrected chi connectivity index (χ2v) is 12.2. The van der Waals surface area contributed by atoms with Crippen LogP contribution in [-0.2, 0) is 0 Å². The zero-order valence-electron chi connectivity index (χ0n) is 24.5. The van der Waals surface area contributed by atoms with Gasteiger partial charge in [0, 0.05) is 37.9 Å². The van der Waals surface area contributed by atoms with Gasteiger partial charge in [0.1, 0.15) is 11.1 Å². The van der Waals surface area contributed by atoms with Crippen molar-refractivity contribution in [2.45, 2.75) is 0 Å². The van der Waals surface area contributed by atoms with Gasteiger partial charge >= 0.3 is 0 Å². The number of rotatable bonds is 2. The average Bonchev–Trinajstić information content (AvgIpc) is 3.67. The Morgan fingerprint density at radius 1 is 0.478 bits per heavy atom. The van der Waals surface area contributed by atoms with Crippen LogP contribution in [0.15, 0.2) is 144 Å². The Morgan fingerprint density at radius 3 is 2.09 bits per heavy atom. The summed E-state index contributed by atoms with van der Waals surface area (Å²) in [7, 11) is 0. The molecular weight excluding hydrogens is 562 g/mol. The molecule has 3 aromatic heterocycles. The van der Waals surface area contributed by atoms with Crippen LogP contribution in [0.1, 0.15) is 0 Å². The third-order valence-corrected chi connectivity index (χ3v) is 9.73. The van der Waals surface area contributed by atoms with E-state index in [2.05, 4.69) is 132 Å². The minimum Gasteiger partial charge on any atom is -0.454 e. The zero-order chi connectivity index (χ0) is 29.9. The van der Waals surface area contributed by atoms with Gasteiger partial charge in [-0.05, 0) is 51.2 Å². The minimum atomic E-state index is 0.629. The number of fused-ring (bicyclic) bond motifs is 8. The molecule has 0 N–H and O–H groups in total. The lowest BCUT2D eigenvalue weighted by atomic mass is 9.98. The van der Waals surface area contributed by atoms with Gasteiger partial charge in [-0.3, -0.25) is 4.57 Å². The van der Waals surface area contributed by atoms with Crippen molar-refractivity contribution in [3.8, 4) is 17.2 Å². The van der Waals surface area contributed by atoms with E-state index >= 15 is 0 Å². The fourth-order valence-electron chi connectivity index (χ4n) is 7.72. The first kappa shape index (κ1) is 24.1. The van der Waals surface area contributed by atoms with Gasteiger partial charge in [-0.15, -0.1) is 0 Å². The van der Waals surface area contributed by atoms with Gasteiger partial charge in [-0.1, -0.05) is 115 Å². The Hall–Kier alpha value is -6.26. The molecule has 4 nitrogen and oxygen atoms in total. The number of benzene rings is 8. The highest BCUT2D eigenvalue weighted by molar-refractivity contribution is 6.31. The lowest BCUT2D eigenvalue weighted by Gasteiger charge is -2.14. The predicted molar refractivity (Wildman–Crippen MR) is 190 cm³/mol. The monoisotopic (exact) mass is 585 g/mol. The SMILES string of the molecule is c1ccc2c(-c3nc(-n4c5cccc6ccc7cc8c9ccccc9oc8c4c7c65)nc4c3ccc3ccccc34)cccc2c1. The van der Waals surface area contributed by atoms with E-state index in [0.717, 1.165) is 71.3 Å². The molecule has 0 saturated carbocycles. The maximum atomic E-state index is 6.71. The molecule has 0 saturated heterocycles. The molecule has 0 radical (unpaired) electrons. The van der Waals surface area contributed by atoms with Gasteiger partial charge in [0.15, 0.2) is 5.58 Å². The highest BCUT2D eigenvalue weighted by Crippen LogP contribution is 2.45. The first-order valence-corrected chi connectivity index (χ1v) is 15.6. The van der Waals surface area contributed by atoms with Crippen molar-refractivity contribution < 1.29 is 4.42 Å². The largest absolute Gasteiger partial charge is 0.454 e. The molecule has 0 aliphatic rings. The molecule has 8 aromatic carbocycles. The van der Waals surface area contributed by atoms with E-state index in [4.69, 9.17) is 14.4 Å². The van der Waals surface area contributed by atoms with E-state index in [9.17, 15) is 0 Å². The van der Waals surface area contributed by atoms with Gasteiger partial charge in [0.05, 0.1) is 16.7 Å². The molecule has 0 unspecified atom stereocenters. The number of aromatic nitrogens is 3. The average molecular weight is 586 g/mol. The molecule has 3 heterocycles. The van der Waals surface area contributed by atoms with Gasteiger partial charge < -0.3 is 4.42 Å². The molecule has 0 fully saturated rings. The Kier molecular flexibility index (Phi) is 4.55. The van der Waals surface area contributed by atoms with Crippen molar-refractivity contribution in [3.63, 3.8) is 0 Å². The van der Waals surface area contributed by atoms with Crippen LogP contribution in [-0.4, -0.2) is 14.5 Å². The lowest BCUT2D eigenvalue weighted by molar-refractivity contribution is 0.671. The minimum absolute atomic E-state index is 0.629. The zero-order valence-corrected chi connectivity index (χ0v) is 24.5. The van der Waals surface area contributed by atoms with Crippen molar-refractivity contribution in [1.82, 2.24) is 14.5 Å². The standard InChI is InChI=1S/C42H23N3O/c1-3-13-28-24(9-1)11-7-16-31(28)39-32-22-21-25-10-2-4-14-29(25)38(32)43-42(44-39)45-34-17-8-12-26-19-20-27-23-33-30-15-5-6-18-35(30)46-41(33)40(45)37(27)36(26)34/h1-23H. The first-order chi connectivity index (χ1) is 22.8. The molecule has 0 amide bonds. The van der Waals surface area contributed by atoms with Crippen LogP contribution in [0.25, 0.3) is 104 Å². The molecule has 46 heavy (non-hydrogen) atoms. The Labute approximate surface area is 262 Å². The summed E-state index contributed by atoms with van der Waals surface area (Å²) in [5, 5.41) is 12.6. The normalized spacial score (nSPS) is 12.3. The maximum Gasteiger partial charge on any atom is 0.235 e. The second kappa shape index (κ2) is 8.68. The van der Waals surface area contributed by atoms with Gasteiger partial charge in [0.2, 0.25) is 5.95 Å². The van der Waals surface area contributed by atoms with Crippen LogP contribution in [0.4, 0.5) is 0 Å². The van der Waals surface area contributed by atoms with Crippen LogP contribution in [0, 0.1) is 0 Å². The van der Waals surface area contributed by atoms with Crippen LogP contribution >= 0.6 is 0 Å². The Morgan fingerprint density at radius 2 is 1.17 bits per heavy atom. The summed E-state index contributed by atoms with van der Waals surface area (Å²) in [6, 6.07) is 49.4. The summed E-state index contributed by atoms with van der Waals surface area (Å²) in [6.45, 7) is 0. The predicted octanol–water partition coefficient (Wildman–Crippen LogP) is 11.2. The smallest absolute Gasteiger partial charge is 0.235 e. The molecule has 0 atom stereocenters. The number of para-hydroxylation sites is 1. The summed E-state index contributed by atoms with van der Waals surface area (Å²) >= 11 is 0. The Bertz CT molecular complexity index is 3030. The quantitative estimate of drug-likeness (QED) is 0.190. The highest BCUT2D eigenvalue weighted by Gasteiger charge is 2.25. The van der Waals surface area contributed by atoms with Crippen molar-refractivity contribution in [2.24, 2.45) is 0 Å². The summed E-state index contributed by atoms with van der Waals surface area (Å²) in [4.78, 5) is 10.9. The van der Waals surface area contributed by atoms with Gasteiger partial charge in [-0.2, -0.15) is 0 Å². The Balaban J connectivity index is 1.38. The van der Waals surface area contributed by atoms with E-state index in [1.54, 1.807) is 0 Å². The molecule has 0 aliphatic heterocycles. The molecule has 0 aliphatic carbocycles. The van der Waals surface area contributed by atoms with E-state index in [-0.39, 0.29) is 0 Å². The summed E-state index contributed by atoms with van der Waals surface area (Å²) in [5.41, 5.74) is 6.72. The number of hydrogen-bond donors (Lipinski definition) is 0. The van der Waals surface area contributed by atoms with Crippen LogP contribution in [0.3, 0.4) is 0 Å². The summed E-state index contributed by atoms with van der Waals surface area (Å²) in [6.07, 6.45) is 0. The summed E-state index contributed by atoms with van der Waals surface area (Å²) in [5.74, 6) is 0.629. The van der Waals surface area contributed by atoms with Crippen LogP contribution in [0.5, 0.6) is 0 Å². The van der Waals surface area contributed by atoms with E-state index < -0.39 is 0 Å². The molecule has 0 spiro atoms. The number of nitrogens with zero attached hydrogens (tertiary/aromatic N) is 3. The maximum absolute atomic E-state index is 6.71. The van der Waals surface area contributed by atoms with Crippen LogP contribution < -0.4 is 0 Å². The number of hydrogen-bond acceptors (Lipinski definition) is 3. The van der Waals surface area contributed by atoms with Gasteiger partial charge in [0.25, 0.3) is 0 Å². The van der Waals surface area contributed by atoms with Crippen molar-refractivity contribution >= 4 is 87.0 Å². The third kappa shape index (κ3) is 3.07. The second-order valence-electron chi connectivity index (χ2n) is 12.2. The molecule has 0 bridgehead atoms. The van der Waals surface area contributed by atoms with Crippen molar-refractivity contribution in [2.75, 3.05) is 0 Å². The molecule has 212 valence electrons. The van der Waals surface area contributed by atoms with Crippen LogP contribution in [0.2, 0.25) is 0 Å². The fraction of sp³-hybridized carbons (Fsp3) is 0. The molecular formula is C42H23N3O. The highest BCUT2D eigenvalue weighted by atomic mass is 16.3. The summed E-state index contributed by atoms with van der Waals surface area (Å²) < 4.78 is 8.95. The fourth-order valence-corrected chi connectivity index (χ4v) is 7.72.